The van der Waals surface area contributed by atoms with E-state index in [1.807, 2.05) is 0 Å². The molecule has 0 aliphatic heterocycles. The van der Waals surface area contributed by atoms with E-state index in [0.29, 0.717) is 10.7 Å². The Bertz CT molecular complexity index is 950. The van der Waals surface area contributed by atoms with E-state index < -0.39 is 22.3 Å². The molecule has 26 heavy (non-hydrogen) atoms. The number of benzene rings is 2. The molecule has 0 atom stereocenters. The third kappa shape index (κ3) is 4.28. The van der Waals surface area contributed by atoms with Gasteiger partial charge in [-0.05, 0) is 35.9 Å². The van der Waals surface area contributed by atoms with Gasteiger partial charge in [0.05, 0.1) is 12.0 Å². The van der Waals surface area contributed by atoms with Crippen LogP contribution in [0.3, 0.4) is 0 Å². The van der Waals surface area contributed by atoms with Crippen molar-refractivity contribution in [2.24, 2.45) is 0 Å². The second-order valence-corrected chi connectivity index (χ2v) is 5.40. The molecule has 0 aromatic heterocycles. The van der Waals surface area contributed by atoms with Crippen molar-refractivity contribution in [3.63, 3.8) is 0 Å². The van der Waals surface area contributed by atoms with Crippen LogP contribution in [0.1, 0.15) is 5.56 Å². The Kier molecular flexibility index (Phi) is 5.78. The second kappa shape index (κ2) is 8.00. The van der Waals surface area contributed by atoms with Crippen LogP contribution < -0.4 is 15.2 Å². The van der Waals surface area contributed by atoms with Crippen LogP contribution in [0.25, 0.3) is 6.08 Å². The maximum atomic E-state index is 12.2. The lowest BCUT2D eigenvalue weighted by Crippen LogP contribution is -2.13. The summed E-state index contributed by atoms with van der Waals surface area (Å²) in [5, 5.41) is 34.9. The highest BCUT2D eigenvalue weighted by Gasteiger charge is 2.15. The molecule has 0 bridgehead atoms. The Labute approximate surface area is 153 Å². The fourth-order valence-corrected chi connectivity index (χ4v) is 2.25. The van der Waals surface area contributed by atoms with Gasteiger partial charge in [0.2, 0.25) is 0 Å². The number of nitro benzene ring substituents is 1. The molecule has 2 aromatic rings. The molecule has 0 spiro atoms. The van der Waals surface area contributed by atoms with E-state index in [2.05, 4.69) is 5.32 Å². The van der Waals surface area contributed by atoms with Crippen LogP contribution in [0, 0.1) is 21.4 Å². The van der Waals surface area contributed by atoms with E-state index in [1.165, 1.54) is 19.2 Å². The van der Waals surface area contributed by atoms with Crippen molar-refractivity contribution >= 4 is 35.0 Å². The zero-order chi connectivity index (χ0) is 19.3. The molecule has 132 valence electrons. The highest BCUT2D eigenvalue weighted by molar-refractivity contribution is 6.31. The predicted octanol–water partition coefficient (Wildman–Crippen LogP) is 2.88. The van der Waals surface area contributed by atoms with Crippen LogP contribution in [0.15, 0.2) is 42.0 Å². The number of rotatable bonds is 5. The molecule has 8 nitrogen and oxygen atoms in total. The number of ether oxygens (including phenoxy) is 1. The number of halogens is 1. The van der Waals surface area contributed by atoms with Gasteiger partial charge in [0, 0.05) is 22.5 Å². The van der Waals surface area contributed by atoms with Gasteiger partial charge in [-0.2, -0.15) is 5.26 Å². The lowest BCUT2D eigenvalue weighted by molar-refractivity contribution is -0.398. The fraction of sp³-hybridized carbons (Fsp3) is 0.0588. The minimum Gasteiger partial charge on any atom is -0.865 e. The summed E-state index contributed by atoms with van der Waals surface area (Å²) < 4.78 is 4.82. The zero-order valence-corrected chi connectivity index (χ0v) is 14.1. The molecule has 0 unspecified atom stereocenters. The Balaban J connectivity index is 2.39. The number of nitro groups is 1. The second-order valence-electron chi connectivity index (χ2n) is 4.96. The number of hydrogen-bond acceptors (Lipinski definition) is 6. The monoisotopic (exact) mass is 372 g/mol. The Hall–Kier alpha value is -3.57. The average Bonchev–Trinajstić information content (AvgIpc) is 2.60. The topological polar surface area (TPSA) is 128 Å². The summed E-state index contributed by atoms with van der Waals surface area (Å²) >= 11 is 5.83. The maximum Gasteiger partial charge on any atom is 0.266 e. The van der Waals surface area contributed by atoms with Crippen molar-refractivity contribution in [1.29, 1.82) is 5.26 Å². The first-order chi connectivity index (χ1) is 12.3. The van der Waals surface area contributed by atoms with Crippen LogP contribution in [-0.2, 0) is 4.79 Å². The SMILES string of the molecule is COc1cc(/C=C(\C#N)C(=O)Nc2cccc(Cl)c2)cc([N+](=O)[O-])c1[O-]. The minimum atomic E-state index is -0.892. The molecular weight excluding hydrogens is 362 g/mol. The smallest absolute Gasteiger partial charge is 0.266 e. The molecular formula is C17H11ClN3O5-. The number of amides is 1. The molecule has 0 radical (unpaired) electrons. The summed E-state index contributed by atoms with van der Waals surface area (Å²) in [5.74, 6) is -1.89. The molecule has 9 heteroatoms. The van der Waals surface area contributed by atoms with Crippen molar-refractivity contribution in [1.82, 2.24) is 0 Å². The number of carbonyl (C=O) groups excluding carboxylic acids is 1. The van der Waals surface area contributed by atoms with Crippen molar-refractivity contribution in [2.45, 2.75) is 0 Å². The average molecular weight is 373 g/mol. The van der Waals surface area contributed by atoms with Gasteiger partial charge >= 0.3 is 0 Å². The van der Waals surface area contributed by atoms with E-state index in [9.17, 15) is 25.3 Å². The lowest BCUT2D eigenvalue weighted by Gasteiger charge is -2.13. The van der Waals surface area contributed by atoms with Gasteiger partial charge in [0.1, 0.15) is 17.4 Å². The Morgan fingerprint density at radius 1 is 1.38 bits per heavy atom. The van der Waals surface area contributed by atoms with Gasteiger partial charge in [0.25, 0.3) is 11.6 Å². The van der Waals surface area contributed by atoms with E-state index in [1.54, 1.807) is 24.3 Å². The van der Waals surface area contributed by atoms with E-state index >= 15 is 0 Å². The highest BCUT2D eigenvalue weighted by Crippen LogP contribution is 2.35. The summed E-state index contributed by atoms with van der Waals surface area (Å²) in [4.78, 5) is 22.3. The summed E-state index contributed by atoms with van der Waals surface area (Å²) in [6.07, 6.45) is 1.12. The molecule has 2 rings (SSSR count). The standard InChI is InChI=1S/C17H12ClN3O5/c1-26-15-7-10(6-14(16(15)22)21(24)25)5-11(9-19)17(23)20-13-4-2-3-12(18)8-13/h2-8,22H,1H3,(H,20,23)/p-1/b11-5+. The van der Waals surface area contributed by atoms with Gasteiger partial charge in [-0.1, -0.05) is 17.7 Å². The number of nitrogens with zero attached hydrogens (tertiary/aromatic N) is 2. The predicted molar refractivity (Wildman–Crippen MR) is 92.8 cm³/mol. The van der Waals surface area contributed by atoms with Gasteiger partial charge in [0.15, 0.2) is 0 Å². The summed E-state index contributed by atoms with van der Waals surface area (Å²) in [6.45, 7) is 0. The number of hydrogen-bond donors (Lipinski definition) is 1. The van der Waals surface area contributed by atoms with E-state index in [0.717, 1.165) is 12.1 Å². The molecule has 2 aromatic carbocycles. The first-order valence-corrected chi connectivity index (χ1v) is 7.45. The number of anilines is 1. The Morgan fingerprint density at radius 2 is 2.12 bits per heavy atom. The molecule has 0 saturated heterocycles. The zero-order valence-electron chi connectivity index (χ0n) is 13.4. The molecule has 1 N–H and O–H groups in total. The normalized spacial score (nSPS) is 10.7. The van der Waals surface area contributed by atoms with Crippen molar-refractivity contribution in [3.05, 3.63) is 62.7 Å². The third-order valence-electron chi connectivity index (χ3n) is 3.23. The largest absolute Gasteiger partial charge is 0.865 e. The van der Waals surface area contributed by atoms with Crippen LogP contribution in [0.2, 0.25) is 5.02 Å². The molecule has 0 fully saturated rings. The summed E-state index contributed by atoms with van der Waals surface area (Å²) in [5.41, 5.74) is -0.559. The Morgan fingerprint density at radius 3 is 2.69 bits per heavy atom. The fourth-order valence-electron chi connectivity index (χ4n) is 2.06. The summed E-state index contributed by atoms with van der Waals surface area (Å²) in [7, 11) is 1.19. The molecule has 0 saturated carbocycles. The van der Waals surface area contributed by atoms with Crippen molar-refractivity contribution < 1.29 is 19.6 Å². The minimum absolute atomic E-state index is 0.103. The highest BCUT2D eigenvalue weighted by atomic mass is 35.5. The van der Waals surface area contributed by atoms with Crippen LogP contribution in [-0.4, -0.2) is 17.9 Å². The van der Waals surface area contributed by atoms with E-state index in [-0.39, 0.29) is 16.9 Å². The van der Waals surface area contributed by atoms with Crippen molar-refractivity contribution in [2.75, 3.05) is 12.4 Å². The van der Waals surface area contributed by atoms with Gasteiger partial charge in [-0.25, -0.2) is 0 Å². The first-order valence-electron chi connectivity index (χ1n) is 7.08. The first kappa shape index (κ1) is 18.8. The molecule has 1 amide bonds. The molecule has 0 aliphatic carbocycles. The quantitative estimate of drug-likeness (QED) is 0.372. The molecule has 0 heterocycles. The van der Waals surface area contributed by atoms with Crippen molar-refractivity contribution in [3.8, 4) is 17.6 Å². The summed E-state index contributed by atoms with van der Waals surface area (Å²) in [6, 6.07) is 10.2. The van der Waals surface area contributed by atoms with Gasteiger partial charge in [-0.3, -0.25) is 14.9 Å². The molecule has 0 aliphatic rings. The number of nitrogens with one attached hydrogen (secondary N) is 1. The van der Waals surface area contributed by atoms with Gasteiger partial charge in [-0.15, -0.1) is 0 Å². The number of methoxy groups -OCH3 is 1. The number of carbonyl (C=O) groups is 1. The number of nitriles is 1. The van der Waals surface area contributed by atoms with Crippen LogP contribution in [0.5, 0.6) is 11.5 Å². The maximum absolute atomic E-state index is 12.2. The van der Waals surface area contributed by atoms with Crippen LogP contribution >= 0.6 is 11.6 Å². The third-order valence-corrected chi connectivity index (χ3v) is 3.47. The van der Waals surface area contributed by atoms with E-state index in [4.69, 9.17) is 16.3 Å². The lowest BCUT2D eigenvalue weighted by atomic mass is 10.1. The van der Waals surface area contributed by atoms with Crippen LogP contribution in [0.4, 0.5) is 11.4 Å². The van der Waals surface area contributed by atoms with Gasteiger partial charge < -0.3 is 15.2 Å².